The van der Waals surface area contributed by atoms with Crippen molar-refractivity contribution < 1.29 is 19.8 Å². The normalized spacial score (nSPS) is 11.9. The van der Waals surface area contributed by atoms with Crippen LogP contribution in [0.5, 0.6) is 0 Å². The van der Waals surface area contributed by atoms with Gasteiger partial charge in [0.05, 0.1) is 10.7 Å². The number of anilines is 1. The first-order chi connectivity index (χ1) is 8.45. The lowest BCUT2D eigenvalue weighted by molar-refractivity contribution is -0.139. The lowest BCUT2D eigenvalue weighted by atomic mass is 10.1. The molecule has 0 heterocycles. The number of carbonyl (C=O) groups excluding carboxylic acids is 1. The SMILES string of the molecule is Nc1ccc(C(=O)NC(CCO)C(=O)O)cc1Cl. The maximum Gasteiger partial charge on any atom is 0.326 e. The first-order valence-corrected chi connectivity index (χ1v) is 5.53. The predicted octanol–water partition coefficient (Wildman–Crippen LogP) is 0.488. The van der Waals surface area contributed by atoms with Gasteiger partial charge in [0.25, 0.3) is 5.91 Å². The Labute approximate surface area is 108 Å². The molecule has 98 valence electrons. The number of aliphatic hydroxyl groups excluding tert-OH is 1. The van der Waals surface area contributed by atoms with Gasteiger partial charge in [-0.15, -0.1) is 0 Å². The Morgan fingerprint density at radius 2 is 2.11 bits per heavy atom. The largest absolute Gasteiger partial charge is 0.480 e. The number of carboxylic acids is 1. The summed E-state index contributed by atoms with van der Waals surface area (Å²) in [6, 6.07) is 3.11. The number of aliphatic hydroxyl groups is 1. The van der Waals surface area contributed by atoms with Crippen LogP contribution in [0.25, 0.3) is 0 Å². The molecule has 0 spiro atoms. The van der Waals surface area contributed by atoms with Gasteiger partial charge in [0, 0.05) is 18.6 Å². The van der Waals surface area contributed by atoms with Crippen molar-refractivity contribution in [3.05, 3.63) is 28.8 Å². The van der Waals surface area contributed by atoms with Crippen LogP contribution in [0.15, 0.2) is 18.2 Å². The van der Waals surface area contributed by atoms with E-state index in [0.29, 0.717) is 5.69 Å². The van der Waals surface area contributed by atoms with Gasteiger partial charge in [-0.05, 0) is 18.2 Å². The van der Waals surface area contributed by atoms with E-state index in [1.807, 2.05) is 0 Å². The molecular weight excluding hydrogens is 260 g/mol. The summed E-state index contributed by atoms with van der Waals surface area (Å²) in [5.74, 6) is -1.79. The number of amides is 1. The number of hydrogen-bond acceptors (Lipinski definition) is 4. The number of halogens is 1. The van der Waals surface area contributed by atoms with Crippen LogP contribution in [0, 0.1) is 0 Å². The standard InChI is InChI=1S/C11H13ClN2O4/c12-7-5-6(1-2-8(7)13)10(16)14-9(3-4-15)11(17)18/h1-2,5,9,15H,3-4,13H2,(H,14,16)(H,17,18). The van der Waals surface area contributed by atoms with Crippen molar-refractivity contribution in [2.75, 3.05) is 12.3 Å². The van der Waals surface area contributed by atoms with E-state index in [1.54, 1.807) is 0 Å². The molecule has 5 N–H and O–H groups in total. The monoisotopic (exact) mass is 272 g/mol. The highest BCUT2D eigenvalue weighted by molar-refractivity contribution is 6.33. The molecule has 6 nitrogen and oxygen atoms in total. The minimum absolute atomic E-state index is 0.0657. The molecule has 7 heteroatoms. The molecule has 1 aromatic carbocycles. The summed E-state index contributed by atoms with van der Waals surface area (Å²) in [5, 5.41) is 20.0. The van der Waals surface area contributed by atoms with Gasteiger partial charge < -0.3 is 21.3 Å². The van der Waals surface area contributed by atoms with Crippen molar-refractivity contribution in [2.45, 2.75) is 12.5 Å². The lowest BCUT2D eigenvalue weighted by Crippen LogP contribution is -2.41. The maximum absolute atomic E-state index is 11.7. The summed E-state index contributed by atoms with van der Waals surface area (Å²) in [6.07, 6.45) is -0.0657. The highest BCUT2D eigenvalue weighted by Crippen LogP contribution is 2.19. The van der Waals surface area contributed by atoms with Gasteiger partial charge in [-0.25, -0.2) is 4.79 Å². The first-order valence-electron chi connectivity index (χ1n) is 5.15. The molecule has 1 unspecified atom stereocenters. The van der Waals surface area contributed by atoms with Crippen LogP contribution in [0.3, 0.4) is 0 Å². The topological polar surface area (TPSA) is 113 Å². The van der Waals surface area contributed by atoms with Crippen LogP contribution in [0.4, 0.5) is 5.69 Å². The van der Waals surface area contributed by atoms with E-state index in [1.165, 1.54) is 18.2 Å². The third kappa shape index (κ3) is 3.61. The molecule has 0 radical (unpaired) electrons. The second-order valence-electron chi connectivity index (χ2n) is 3.61. The zero-order valence-corrected chi connectivity index (χ0v) is 10.1. The molecule has 0 aliphatic rings. The molecular formula is C11H13ClN2O4. The molecule has 1 amide bonds. The van der Waals surface area contributed by atoms with E-state index in [9.17, 15) is 9.59 Å². The van der Waals surface area contributed by atoms with Crippen molar-refractivity contribution in [3.8, 4) is 0 Å². The Morgan fingerprint density at radius 3 is 2.61 bits per heavy atom. The fourth-order valence-electron chi connectivity index (χ4n) is 1.30. The van der Waals surface area contributed by atoms with Crippen LogP contribution >= 0.6 is 11.6 Å². The Kier molecular flexibility index (Phi) is 4.94. The Balaban J connectivity index is 2.80. The first kappa shape index (κ1) is 14.3. The molecule has 0 aliphatic carbocycles. The van der Waals surface area contributed by atoms with Gasteiger partial charge in [-0.3, -0.25) is 4.79 Å². The third-order valence-electron chi connectivity index (χ3n) is 2.28. The fourth-order valence-corrected chi connectivity index (χ4v) is 1.48. The van der Waals surface area contributed by atoms with Gasteiger partial charge in [0.15, 0.2) is 0 Å². The zero-order valence-electron chi connectivity index (χ0n) is 9.39. The Morgan fingerprint density at radius 1 is 1.44 bits per heavy atom. The highest BCUT2D eigenvalue weighted by atomic mass is 35.5. The zero-order chi connectivity index (χ0) is 13.7. The van der Waals surface area contributed by atoms with Crippen molar-refractivity contribution >= 4 is 29.2 Å². The second kappa shape index (κ2) is 6.23. The fraction of sp³-hybridized carbons (Fsp3) is 0.273. The van der Waals surface area contributed by atoms with E-state index in [0.717, 1.165) is 0 Å². The van der Waals surface area contributed by atoms with Crippen LogP contribution in [0.2, 0.25) is 5.02 Å². The average molecular weight is 273 g/mol. The van der Waals surface area contributed by atoms with Crippen molar-refractivity contribution in [1.82, 2.24) is 5.32 Å². The Bertz CT molecular complexity index is 464. The second-order valence-corrected chi connectivity index (χ2v) is 4.02. The molecule has 0 saturated carbocycles. The minimum Gasteiger partial charge on any atom is -0.480 e. The molecule has 1 rings (SSSR count). The van der Waals surface area contributed by atoms with E-state index in [4.69, 9.17) is 27.5 Å². The third-order valence-corrected chi connectivity index (χ3v) is 2.61. The number of nitrogen functional groups attached to an aromatic ring is 1. The smallest absolute Gasteiger partial charge is 0.326 e. The van der Waals surface area contributed by atoms with Crippen LogP contribution in [-0.2, 0) is 4.79 Å². The van der Waals surface area contributed by atoms with Gasteiger partial charge >= 0.3 is 5.97 Å². The van der Waals surface area contributed by atoms with E-state index >= 15 is 0 Å². The van der Waals surface area contributed by atoms with Crippen molar-refractivity contribution in [2.24, 2.45) is 0 Å². The van der Waals surface area contributed by atoms with E-state index in [-0.39, 0.29) is 23.6 Å². The summed E-state index contributed by atoms with van der Waals surface area (Å²) in [4.78, 5) is 22.5. The molecule has 0 bridgehead atoms. The van der Waals surface area contributed by atoms with Crippen molar-refractivity contribution in [1.29, 1.82) is 0 Å². The van der Waals surface area contributed by atoms with Gasteiger partial charge in [-0.1, -0.05) is 11.6 Å². The minimum atomic E-state index is -1.21. The predicted molar refractivity (Wildman–Crippen MR) is 66.5 cm³/mol. The Hall–Kier alpha value is -1.79. The number of rotatable bonds is 5. The molecule has 0 fully saturated rings. The molecule has 0 aromatic heterocycles. The molecule has 0 saturated heterocycles. The number of nitrogens with two attached hydrogens (primary N) is 1. The van der Waals surface area contributed by atoms with Crippen LogP contribution in [-0.4, -0.2) is 34.7 Å². The highest BCUT2D eigenvalue weighted by Gasteiger charge is 2.20. The number of carboxylic acid groups (broad SMARTS) is 1. The summed E-state index contributed by atoms with van der Waals surface area (Å²) >= 11 is 5.76. The van der Waals surface area contributed by atoms with E-state index < -0.39 is 17.9 Å². The maximum atomic E-state index is 11.7. The average Bonchev–Trinajstić information content (AvgIpc) is 2.31. The molecule has 1 aromatic rings. The number of carbonyl (C=O) groups is 2. The summed E-state index contributed by atoms with van der Waals surface area (Å²) < 4.78 is 0. The van der Waals surface area contributed by atoms with Gasteiger partial charge in [0.2, 0.25) is 0 Å². The van der Waals surface area contributed by atoms with Gasteiger partial charge in [0.1, 0.15) is 6.04 Å². The van der Waals surface area contributed by atoms with Crippen LogP contribution in [0.1, 0.15) is 16.8 Å². The molecule has 18 heavy (non-hydrogen) atoms. The number of hydrogen-bond donors (Lipinski definition) is 4. The van der Waals surface area contributed by atoms with Crippen molar-refractivity contribution in [3.63, 3.8) is 0 Å². The summed E-state index contributed by atoms with van der Waals surface area (Å²) in [6.45, 7) is -0.334. The molecule has 0 aliphatic heterocycles. The number of benzene rings is 1. The van der Waals surface area contributed by atoms with Gasteiger partial charge in [-0.2, -0.15) is 0 Å². The summed E-state index contributed by atoms with van der Waals surface area (Å²) in [7, 11) is 0. The number of nitrogens with one attached hydrogen (secondary N) is 1. The van der Waals surface area contributed by atoms with E-state index in [2.05, 4.69) is 5.32 Å². The van der Waals surface area contributed by atoms with Crippen LogP contribution < -0.4 is 11.1 Å². The quantitative estimate of drug-likeness (QED) is 0.583. The lowest BCUT2D eigenvalue weighted by Gasteiger charge is -2.13. The summed E-state index contributed by atoms with van der Waals surface area (Å²) in [5.41, 5.74) is 6.03. The molecule has 1 atom stereocenters. The number of aliphatic carboxylic acids is 1.